The predicted octanol–water partition coefficient (Wildman–Crippen LogP) is 3.51. The van der Waals surface area contributed by atoms with Crippen LogP contribution in [0, 0.1) is 0 Å². The lowest BCUT2D eigenvalue weighted by Gasteiger charge is -2.07. The van der Waals surface area contributed by atoms with Crippen LogP contribution in [0.2, 0.25) is 0 Å². The van der Waals surface area contributed by atoms with E-state index in [1.807, 2.05) is 18.2 Å². The standard InChI is InChI=1S/C12H10Cl2O2/c13-12(14)6-7-16-11-3-1-2-8-9(11)4-5-10(8)15/h1-3,6H,4-5,7H2. The largest absolute Gasteiger partial charge is 0.489 e. The lowest BCUT2D eigenvalue weighted by molar-refractivity contribution is 0.0994. The highest BCUT2D eigenvalue weighted by Gasteiger charge is 2.22. The van der Waals surface area contributed by atoms with E-state index in [1.165, 1.54) is 0 Å². The second kappa shape index (κ2) is 4.89. The van der Waals surface area contributed by atoms with Gasteiger partial charge in [-0.15, -0.1) is 0 Å². The quantitative estimate of drug-likeness (QED) is 0.828. The zero-order valence-corrected chi connectivity index (χ0v) is 10.0. The molecule has 0 saturated heterocycles. The first-order chi connectivity index (χ1) is 7.68. The molecule has 84 valence electrons. The number of benzene rings is 1. The number of hydrogen-bond acceptors (Lipinski definition) is 2. The molecule has 0 unspecified atom stereocenters. The van der Waals surface area contributed by atoms with Crippen LogP contribution < -0.4 is 4.74 Å². The fraction of sp³-hybridized carbons (Fsp3) is 0.250. The zero-order chi connectivity index (χ0) is 11.5. The molecular weight excluding hydrogens is 247 g/mol. The van der Waals surface area contributed by atoms with Gasteiger partial charge in [0.25, 0.3) is 0 Å². The SMILES string of the molecule is O=C1CCc2c(OCC=C(Cl)Cl)cccc21. The summed E-state index contributed by atoms with van der Waals surface area (Å²) >= 11 is 11.0. The van der Waals surface area contributed by atoms with Crippen molar-refractivity contribution < 1.29 is 9.53 Å². The summed E-state index contributed by atoms with van der Waals surface area (Å²) in [7, 11) is 0. The molecule has 0 fully saturated rings. The Morgan fingerprint density at radius 2 is 2.19 bits per heavy atom. The van der Waals surface area contributed by atoms with Crippen LogP contribution in [0.5, 0.6) is 5.75 Å². The molecule has 0 saturated carbocycles. The van der Waals surface area contributed by atoms with Gasteiger partial charge in [0, 0.05) is 17.5 Å². The molecule has 0 radical (unpaired) electrons. The molecule has 1 aromatic carbocycles. The van der Waals surface area contributed by atoms with Crippen molar-refractivity contribution in [3.63, 3.8) is 0 Å². The molecule has 2 nitrogen and oxygen atoms in total. The van der Waals surface area contributed by atoms with E-state index in [-0.39, 0.29) is 10.3 Å². The van der Waals surface area contributed by atoms with Gasteiger partial charge in [0.2, 0.25) is 0 Å². The van der Waals surface area contributed by atoms with E-state index in [1.54, 1.807) is 6.08 Å². The minimum absolute atomic E-state index is 0.184. The van der Waals surface area contributed by atoms with Gasteiger partial charge in [-0.1, -0.05) is 35.3 Å². The topological polar surface area (TPSA) is 26.3 Å². The summed E-state index contributed by atoms with van der Waals surface area (Å²) in [5.74, 6) is 0.931. The molecule has 1 aliphatic carbocycles. The van der Waals surface area contributed by atoms with Crippen LogP contribution in [0.1, 0.15) is 22.3 Å². The number of ether oxygens (including phenoxy) is 1. The smallest absolute Gasteiger partial charge is 0.163 e. The Bertz CT molecular complexity index is 448. The van der Waals surface area contributed by atoms with E-state index in [0.29, 0.717) is 13.0 Å². The molecule has 0 heterocycles. The Kier molecular flexibility index (Phi) is 3.52. The first-order valence-electron chi connectivity index (χ1n) is 4.97. The molecule has 0 bridgehead atoms. The van der Waals surface area contributed by atoms with Crippen LogP contribution in [0.3, 0.4) is 0 Å². The van der Waals surface area contributed by atoms with Crippen LogP contribution in [0.4, 0.5) is 0 Å². The number of halogens is 2. The third-order valence-corrected chi connectivity index (χ3v) is 2.82. The summed E-state index contributed by atoms with van der Waals surface area (Å²) < 4.78 is 5.69. The van der Waals surface area contributed by atoms with Crippen molar-refractivity contribution >= 4 is 29.0 Å². The van der Waals surface area contributed by atoms with Gasteiger partial charge in [0.1, 0.15) is 16.8 Å². The Balaban J connectivity index is 2.17. The highest BCUT2D eigenvalue weighted by Crippen LogP contribution is 2.30. The van der Waals surface area contributed by atoms with Gasteiger partial charge in [-0.3, -0.25) is 4.79 Å². The van der Waals surface area contributed by atoms with E-state index >= 15 is 0 Å². The molecule has 1 aliphatic rings. The van der Waals surface area contributed by atoms with E-state index in [0.717, 1.165) is 23.3 Å². The van der Waals surface area contributed by atoms with Gasteiger partial charge in [-0.25, -0.2) is 0 Å². The fourth-order valence-electron chi connectivity index (χ4n) is 1.79. The third-order valence-electron chi connectivity index (χ3n) is 2.51. The van der Waals surface area contributed by atoms with E-state index in [4.69, 9.17) is 27.9 Å². The number of carbonyl (C=O) groups is 1. The van der Waals surface area contributed by atoms with Gasteiger partial charge in [0.05, 0.1) is 0 Å². The van der Waals surface area contributed by atoms with Crippen LogP contribution >= 0.6 is 23.2 Å². The van der Waals surface area contributed by atoms with Crippen molar-refractivity contribution in [2.45, 2.75) is 12.8 Å². The van der Waals surface area contributed by atoms with Crippen molar-refractivity contribution in [1.82, 2.24) is 0 Å². The molecule has 16 heavy (non-hydrogen) atoms. The Morgan fingerprint density at radius 3 is 2.94 bits per heavy atom. The summed E-state index contributed by atoms with van der Waals surface area (Å²) in [4.78, 5) is 11.5. The molecular formula is C12H10Cl2O2. The van der Waals surface area contributed by atoms with Crippen molar-refractivity contribution in [2.75, 3.05) is 6.61 Å². The number of ketones is 1. The number of rotatable bonds is 3. The van der Waals surface area contributed by atoms with Gasteiger partial charge in [-0.05, 0) is 18.6 Å². The van der Waals surface area contributed by atoms with Gasteiger partial charge in [0.15, 0.2) is 5.78 Å². The second-order valence-corrected chi connectivity index (χ2v) is 4.52. The summed E-state index contributed by atoms with van der Waals surface area (Å²) in [5.41, 5.74) is 1.77. The third kappa shape index (κ3) is 2.39. The average Bonchev–Trinajstić information content (AvgIpc) is 2.61. The summed E-state index contributed by atoms with van der Waals surface area (Å²) in [6.07, 6.45) is 2.89. The average molecular weight is 257 g/mol. The highest BCUT2D eigenvalue weighted by molar-refractivity contribution is 6.55. The van der Waals surface area contributed by atoms with Gasteiger partial charge < -0.3 is 4.74 Å². The monoisotopic (exact) mass is 256 g/mol. The highest BCUT2D eigenvalue weighted by atomic mass is 35.5. The molecule has 0 aromatic heterocycles. The van der Waals surface area contributed by atoms with E-state index in [9.17, 15) is 4.79 Å². The Hall–Kier alpha value is -0.990. The maximum absolute atomic E-state index is 11.5. The molecule has 0 spiro atoms. The summed E-state index contributed by atoms with van der Waals surface area (Å²) in [6.45, 7) is 0.312. The van der Waals surface area contributed by atoms with Crippen molar-refractivity contribution in [1.29, 1.82) is 0 Å². The van der Waals surface area contributed by atoms with Crippen molar-refractivity contribution in [2.24, 2.45) is 0 Å². The Labute approximate surface area is 104 Å². The normalized spacial score (nSPS) is 13.5. The molecule has 0 aliphatic heterocycles. The molecule has 0 amide bonds. The molecule has 4 heteroatoms. The fourth-order valence-corrected chi connectivity index (χ4v) is 1.91. The molecule has 2 rings (SSSR count). The number of fused-ring (bicyclic) bond motifs is 1. The minimum Gasteiger partial charge on any atom is -0.489 e. The predicted molar refractivity (Wildman–Crippen MR) is 64.4 cm³/mol. The molecule has 0 atom stereocenters. The number of carbonyl (C=O) groups excluding carboxylic acids is 1. The Morgan fingerprint density at radius 1 is 1.38 bits per heavy atom. The van der Waals surface area contributed by atoms with Gasteiger partial charge >= 0.3 is 0 Å². The minimum atomic E-state index is 0.184. The first-order valence-corrected chi connectivity index (χ1v) is 5.73. The van der Waals surface area contributed by atoms with Crippen LogP contribution in [0.15, 0.2) is 28.8 Å². The maximum atomic E-state index is 11.5. The lowest BCUT2D eigenvalue weighted by atomic mass is 10.1. The van der Waals surface area contributed by atoms with Crippen LogP contribution in [-0.4, -0.2) is 12.4 Å². The second-order valence-electron chi connectivity index (χ2n) is 3.51. The first kappa shape index (κ1) is 11.5. The summed E-state index contributed by atoms with van der Waals surface area (Å²) in [5, 5.41) is 0. The van der Waals surface area contributed by atoms with Crippen molar-refractivity contribution in [3.05, 3.63) is 39.9 Å². The van der Waals surface area contributed by atoms with E-state index in [2.05, 4.69) is 0 Å². The van der Waals surface area contributed by atoms with Gasteiger partial charge in [-0.2, -0.15) is 0 Å². The lowest BCUT2D eigenvalue weighted by Crippen LogP contribution is -1.98. The summed E-state index contributed by atoms with van der Waals surface area (Å²) in [6, 6.07) is 5.51. The van der Waals surface area contributed by atoms with Crippen LogP contribution in [-0.2, 0) is 6.42 Å². The van der Waals surface area contributed by atoms with Crippen LogP contribution in [0.25, 0.3) is 0 Å². The molecule has 1 aromatic rings. The van der Waals surface area contributed by atoms with Crippen molar-refractivity contribution in [3.8, 4) is 5.75 Å². The number of Topliss-reactive ketones (excluding diaryl/α,β-unsaturated/α-hetero) is 1. The van der Waals surface area contributed by atoms with E-state index < -0.39 is 0 Å². The maximum Gasteiger partial charge on any atom is 0.163 e. The molecule has 0 N–H and O–H groups in total. The number of hydrogen-bond donors (Lipinski definition) is 0. The zero-order valence-electron chi connectivity index (χ0n) is 8.50.